The number of hydrogen-bond acceptors (Lipinski definition) is 4. The molecule has 0 aliphatic rings. The molecule has 0 atom stereocenters. The van der Waals surface area contributed by atoms with Gasteiger partial charge in [-0.05, 0) is 56.7 Å². The lowest BCUT2D eigenvalue weighted by molar-refractivity contribution is 0.0523. The van der Waals surface area contributed by atoms with E-state index in [0.717, 1.165) is 16.5 Å². The van der Waals surface area contributed by atoms with Gasteiger partial charge in [0.1, 0.15) is 5.60 Å². The highest BCUT2D eigenvalue weighted by Crippen LogP contribution is 2.17. The van der Waals surface area contributed by atoms with Crippen molar-refractivity contribution >= 4 is 28.6 Å². The molecule has 27 heavy (non-hydrogen) atoms. The molecule has 3 rings (SSSR count). The van der Waals surface area contributed by atoms with E-state index >= 15 is 0 Å². The van der Waals surface area contributed by atoms with Crippen molar-refractivity contribution < 1.29 is 14.3 Å². The molecule has 0 aliphatic heterocycles. The van der Waals surface area contributed by atoms with E-state index in [9.17, 15) is 9.59 Å². The van der Waals surface area contributed by atoms with Crippen molar-refractivity contribution in [3.8, 4) is 0 Å². The number of nitrogens with one attached hydrogen (secondary N) is 3. The van der Waals surface area contributed by atoms with Crippen LogP contribution in [0.2, 0.25) is 0 Å². The molecule has 3 N–H and O–H groups in total. The van der Waals surface area contributed by atoms with Crippen molar-refractivity contribution in [2.24, 2.45) is 0 Å². The highest BCUT2D eigenvalue weighted by molar-refractivity contribution is 6.05. The van der Waals surface area contributed by atoms with Crippen molar-refractivity contribution in [3.05, 3.63) is 59.8 Å². The molecule has 0 radical (unpaired) electrons. The van der Waals surface area contributed by atoms with Gasteiger partial charge in [-0.2, -0.15) is 5.10 Å². The number of ether oxygens (including phenoxy) is 1. The summed E-state index contributed by atoms with van der Waals surface area (Å²) in [5, 5.41) is 13.3. The van der Waals surface area contributed by atoms with Gasteiger partial charge < -0.3 is 15.4 Å². The number of fused-ring (bicyclic) bond motifs is 1. The molecule has 140 valence electrons. The lowest BCUT2D eigenvalue weighted by Gasteiger charge is -2.19. The zero-order valence-corrected chi connectivity index (χ0v) is 15.5. The van der Waals surface area contributed by atoms with Gasteiger partial charge in [0.25, 0.3) is 5.91 Å². The van der Waals surface area contributed by atoms with Gasteiger partial charge in [-0.15, -0.1) is 0 Å². The van der Waals surface area contributed by atoms with Crippen molar-refractivity contribution in [2.45, 2.75) is 32.9 Å². The second kappa shape index (κ2) is 7.49. The summed E-state index contributed by atoms with van der Waals surface area (Å²) in [6, 6.07) is 12.6. The van der Waals surface area contributed by atoms with Gasteiger partial charge in [-0.3, -0.25) is 9.89 Å². The molecule has 0 fully saturated rings. The molecule has 2 amide bonds. The maximum atomic E-state index is 12.4. The SMILES string of the molecule is CC(C)(C)OC(=O)NCc1ccc(C(=O)Nc2ccc3[nH]ncc3c2)cc1. The first kappa shape index (κ1) is 18.4. The number of aromatic nitrogens is 2. The Bertz CT molecular complexity index is 955. The van der Waals surface area contributed by atoms with Gasteiger partial charge in [0, 0.05) is 23.2 Å². The standard InChI is InChI=1S/C20H22N4O3/c1-20(2,3)27-19(26)21-11-13-4-6-14(7-5-13)18(25)23-16-8-9-17-15(10-16)12-22-24-17/h4-10,12H,11H2,1-3H3,(H,21,26)(H,22,24)(H,23,25). The molecular weight excluding hydrogens is 344 g/mol. The van der Waals surface area contributed by atoms with E-state index in [1.807, 2.05) is 39.0 Å². The number of rotatable bonds is 4. The molecule has 1 aromatic heterocycles. The van der Waals surface area contributed by atoms with Crippen LogP contribution in [-0.4, -0.2) is 27.8 Å². The molecule has 0 bridgehead atoms. The van der Waals surface area contributed by atoms with E-state index in [0.29, 0.717) is 17.8 Å². The number of hydrogen-bond donors (Lipinski definition) is 3. The highest BCUT2D eigenvalue weighted by atomic mass is 16.6. The minimum absolute atomic E-state index is 0.204. The molecule has 7 heteroatoms. The molecule has 2 aromatic carbocycles. The monoisotopic (exact) mass is 366 g/mol. The van der Waals surface area contributed by atoms with Crippen LogP contribution in [0, 0.1) is 0 Å². The third kappa shape index (κ3) is 5.07. The summed E-state index contributed by atoms with van der Waals surface area (Å²) in [6.45, 7) is 5.76. The first-order chi connectivity index (χ1) is 12.8. The molecule has 3 aromatic rings. The number of H-pyrrole nitrogens is 1. The van der Waals surface area contributed by atoms with Gasteiger partial charge in [0.15, 0.2) is 0 Å². The Labute approximate surface area is 157 Å². The summed E-state index contributed by atoms with van der Waals surface area (Å²) in [5.74, 6) is -0.204. The van der Waals surface area contributed by atoms with Crippen LogP contribution in [0.25, 0.3) is 10.9 Å². The third-order valence-corrected chi connectivity index (χ3v) is 3.75. The first-order valence-corrected chi connectivity index (χ1v) is 8.60. The number of alkyl carbamates (subject to hydrolysis) is 1. The summed E-state index contributed by atoms with van der Waals surface area (Å²) in [4.78, 5) is 24.1. The van der Waals surface area contributed by atoms with Gasteiger partial charge >= 0.3 is 6.09 Å². The zero-order chi connectivity index (χ0) is 19.4. The topological polar surface area (TPSA) is 96.1 Å². The van der Waals surface area contributed by atoms with Crippen LogP contribution >= 0.6 is 0 Å². The van der Waals surface area contributed by atoms with Crippen LogP contribution in [0.1, 0.15) is 36.7 Å². The minimum atomic E-state index is -0.536. The number of benzene rings is 2. The predicted molar refractivity (Wildman–Crippen MR) is 104 cm³/mol. The average molecular weight is 366 g/mol. The Hall–Kier alpha value is -3.35. The van der Waals surface area contributed by atoms with Crippen LogP contribution in [-0.2, 0) is 11.3 Å². The van der Waals surface area contributed by atoms with Gasteiger partial charge in [0.05, 0.1) is 11.7 Å². The van der Waals surface area contributed by atoms with Crippen LogP contribution in [0.3, 0.4) is 0 Å². The maximum absolute atomic E-state index is 12.4. The number of anilines is 1. The fourth-order valence-corrected chi connectivity index (χ4v) is 2.49. The molecule has 0 saturated heterocycles. The number of nitrogens with zero attached hydrogens (tertiary/aromatic N) is 1. The molecule has 0 unspecified atom stereocenters. The van der Waals surface area contributed by atoms with Gasteiger partial charge in [0.2, 0.25) is 0 Å². The summed E-state index contributed by atoms with van der Waals surface area (Å²) in [5.41, 5.74) is 2.48. The van der Waals surface area contributed by atoms with E-state index in [2.05, 4.69) is 20.8 Å². The quantitative estimate of drug-likeness (QED) is 0.654. The second-order valence-electron chi connectivity index (χ2n) is 7.18. The van der Waals surface area contributed by atoms with E-state index in [1.54, 1.807) is 30.5 Å². The van der Waals surface area contributed by atoms with E-state index in [-0.39, 0.29) is 5.91 Å². The number of carbonyl (C=O) groups excluding carboxylic acids is 2. The predicted octanol–water partition coefficient (Wildman–Crippen LogP) is 3.84. The third-order valence-electron chi connectivity index (χ3n) is 3.75. The Morgan fingerprint density at radius 1 is 1.11 bits per heavy atom. The second-order valence-corrected chi connectivity index (χ2v) is 7.18. The molecule has 0 aliphatic carbocycles. The normalized spacial score (nSPS) is 11.2. The molecule has 0 saturated carbocycles. The number of aromatic amines is 1. The summed E-state index contributed by atoms with van der Waals surface area (Å²) < 4.78 is 5.19. The fraction of sp³-hybridized carbons (Fsp3) is 0.250. The van der Waals surface area contributed by atoms with E-state index in [4.69, 9.17) is 4.74 Å². The van der Waals surface area contributed by atoms with Crippen molar-refractivity contribution in [1.82, 2.24) is 15.5 Å². The van der Waals surface area contributed by atoms with E-state index in [1.165, 1.54) is 0 Å². The molecule has 0 spiro atoms. The Balaban J connectivity index is 1.57. The average Bonchev–Trinajstić information content (AvgIpc) is 3.06. The fourth-order valence-electron chi connectivity index (χ4n) is 2.49. The van der Waals surface area contributed by atoms with Crippen LogP contribution < -0.4 is 10.6 Å². The van der Waals surface area contributed by atoms with Gasteiger partial charge in [-0.25, -0.2) is 4.79 Å². The van der Waals surface area contributed by atoms with E-state index < -0.39 is 11.7 Å². The van der Waals surface area contributed by atoms with Crippen LogP contribution in [0.15, 0.2) is 48.7 Å². The largest absolute Gasteiger partial charge is 0.444 e. The summed E-state index contributed by atoms with van der Waals surface area (Å²) >= 11 is 0. The molecular formula is C20H22N4O3. The Morgan fingerprint density at radius 3 is 2.56 bits per heavy atom. The smallest absolute Gasteiger partial charge is 0.407 e. The van der Waals surface area contributed by atoms with Crippen LogP contribution in [0.4, 0.5) is 10.5 Å². The Kier molecular flexibility index (Phi) is 5.12. The minimum Gasteiger partial charge on any atom is -0.444 e. The van der Waals surface area contributed by atoms with Crippen molar-refractivity contribution in [2.75, 3.05) is 5.32 Å². The highest BCUT2D eigenvalue weighted by Gasteiger charge is 2.15. The number of amides is 2. The zero-order valence-electron chi connectivity index (χ0n) is 15.5. The summed E-state index contributed by atoms with van der Waals surface area (Å²) in [7, 11) is 0. The lowest BCUT2D eigenvalue weighted by atomic mass is 10.1. The van der Waals surface area contributed by atoms with Crippen LogP contribution in [0.5, 0.6) is 0 Å². The summed E-state index contributed by atoms with van der Waals surface area (Å²) in [6.07, 6.45) is 1.23. The molecule has 1 heterocycles. The maximum Gasteiger partial charge on any atom is 0.407 e. The van der Waals surface area contributed by atoms with Crippen molar-refractivity contribution in [1.29, 1.82) is 0 Å². The lowest BCUT2D eigenvalue weighted by Crippen LogP contribution is -2.32. The number of carbonyl (C=O) groups is 2. The Morgan fingerprint density at radius 2 is 1.85 bits per heavy atom. The molecule has 7 nitrogen and oxygen atoms in total. The first-order valence-electron chi connectivity index (χ1n) is 8.60. The van der Waals surface area contributed by atoms with Crippen molar-refractivity contribution in [3.63, 3.8) is 0 Å². The van der Waals surface area contributed by atoms with Gasteiger partial charge in [-0.1, -0.05) is 12.1 Å².